The predicted molar refractivity (Wildman–Crippen MR) is 70.1 cm³/mol. The average molecular weight is 257 g/mol. The van der Waals surface area contributed by atoms with E-state index in [-0.39, 0.29) is 5.91 Å². The van der Waals surface area contributed by atoms with Crippen LogP contribution in [0.4, 0.5) is 0 Å². The van der Waals surface area contributed by atoms with E-state index in [0.29, 0.717) is 18.7 Å². The smallest absolute Gasteiger partial charge is 0.254 e. The number of β-amino-alcohol motifs (C(OH)–C–C–N with tert-alkyl or cyclic N) is 1. The number of carbonyl (C=O) groups is 1. The first-order chi connectivity index (χ1) is 9.05. The van der Waals surface area contributed by atoms with Crippen LogP contribution in [0.1, 0.15) is 17.3 Å². The summed E-state index contributed by atoms with van der Waals surface area (Å²) in [7, 11) is 0. The summed E-state index contributed by atoms with van der Waals surface area (Å²) in [6.07, 6.45) is 3.56. The zero-order chi connectivity index (χ0) is 13.5. The van der Waals surface area contributed by atoms with E-state index in [0.717, 1.165) is 5.69 Å². The third kappa shape index (κ3) is 2.24. The Bertz CT molecular complexity index is 580. The van der Waals surface area contributed by atoms with Crippen LogP contribution in [0.25, 0.3) is 5.69 Å². The molecule has 19 heavy (non-hydrogen) atoms. The third-order valence-electron chi connectivity index (χ3n) is 3.23. The maximum Gasteiger partial charge on any atom is 0.254 e. The molecule has 2 heterocycles. The second-order valence-corrected chi connectivity index (χ2v) is 5.16. The van der Waals surface area contributed by atoms with Crippen molar-refractivity contribution in [1.29, 1.82) is 0 Å². The van der Waals surface area contributed by atoms with Gasteiger partial charge in [-0.05, 0) is 37.3 Å². The van der Waals surface area contributed by atoms with Gasteiger partial charge in [-0.1, -0.05) is 0 Å². The summed E-state index contributed by atoms with van der Waals surface area (Å²) in [6.45, 7) is 2.52. The fourth-order valence-corrected chi connectivity index (χ4v) is 2.28. The Morgan fingerprint density at radius 3 is 2.53 bits per heavy atom. The fraction of sp³-hybridized carbons (Fsp3) is 0.286. The summed E-state index contributed by atoms with van der Waals surface area (Å²) in [5.41, 5.74) is 0.813. The number of carbonyl (C=O) groups excluding carboxylic acids is 1. The van der Waals surface area contributed by atoms with E-state index in [4.69, 9.17) is 0 Å². The minimum absolute atomic E-state index is 0.0430. The minimum Gasteiger partial charge on any atom is -0.386 e. The maximum absolute atomic E-state index is 12.1. The molecule has 5 heteroatoms. The van der Waals surface area contributed by atoms with Crippen LogP contribution in [0.2, 0.25) is 0 Å². The molecule has 1 fully saturated rings. The minimum atomic E-state index is -0.731. The van der Waals surface area contributed by atoms with Gasteiger partial charge in [0.05, 0.1) is 24.4 Å². The number of hydrogen-bond acceptors (Lipinski definition) is 3. The van der Waals surface area contributed by atoms with Gasteiger partial charge in [0.25, 0.3) is 5.91 Å². The molecule has 0 spiro atoms. The molecule has 1 N–H and O–H groups in total. The maximum atomic E-state index is 12.1. The molecule has 0 atom stereocenters. The number of hydrogen-bond donors (Lipinski definition) is 1. The molecular weight excluding hydrogens is 242 g/mol. The van der Waals surface area contributed by atoms with Crippen molar-refractivity contribution >= 4 is 5.91 Å². The molecular formula is C14H15N3O2. The van der Waals surface area contributed by atoms with Crippen molar-refractivity contribution in [2.75, 3.05) is 13.1 Å². The topological polar surface area (TPSA) is 58.4 Å². The van der Waals surface area contributed by atoms with Crippen LogP contribution in [0.15, 0.2) is 42.7 Å². The Morgan fingerprint density at radius 2 is 2.00 bits per heavy atom. The van der Waals surface area contributed by atoms with E-state index in [1.54, 1.807) is 34.8 Å². The molecule has 2 aromatic rings. The molecule has 1 saturated heterocycles. The van der Waals surface area contributed by atoms with Crippen LogP contribution < -0.4 is 0 Å². The van der Waals surface area contributed by atoms with Crippen LogP contribution in [-0.4, -0.2) is 44.4 Å². The Kier molecular flexibility index (Phi) is 2.64. The van der Waals surface area contributed by atoms with Gasteiger partial charge < -0.3 is 10.0 Å². The molecule has 0 aliphatic carbocycles. The lowest BCUT2D eigenvalue weighted by Crippen LogP contribution is -2.61. The molecule has 5 nitrogen and oxygen atoms in total. The molecule has 1 aromatic carbocycles. The van der Waals surface area contributed by atoms with E-state index in [1.165, 1.54) is 0 Å². The van der Waals surface area contributed by atoms with Crippen molar-refractivity contribution < 1.29 is 9.90 Å². The normalized spacial score (nSPS) is 17.1. The van der Waals surface area contributed by atoms with Gasteiger partial charge in [0, 0.05) is 18.0 Å². The highest BCUT2D eigenvalue weighted by atomic mass is 16.3. The van der Waals surface area contributed by atoms with Gasteiger partial charge in [0.15, 0.2) is 0 Å². The van der Waals surface area contributed by atoms with Crippen molar-refractivity contribution in [3.05, 3.63) is 48.3 Å². The van der Waals surface area contributed by atoms with Crippen molar-refractivity contribution in [1.82, 2.24) is 14.7 Å². The Balaban J connectivity index is 1.75. The first-order valence-electron chi connectivity index (χ1n) is 6.17. The lowest BCUT2D eigenvalue weighted by molar-refractivity contribution is -0.0668. The SMILES string of the molecule is CC1(O)CN(C(=O)c2ccc(-n3cccn3)cc2)C1. The van der Waals surface area contributed by atoms with Gasteiger partial charge >= 0.3 is 0 Å². The van der Waals surface area contributed by atoms with Crippen LogP contribution in [0.5, 0.6) is 0 Å². The number of rotatable bonds is 2. The van der Waals surface area contributed by atoms with E-state index in [2.05, 4.69) is 5.10 Å². The van der Waals surface area contributed by atoms with Gasteiger partial charge in [-0.2, -0.15) is 5.10 Å². The second kappa shape index (κ2) is 4.20. The highest BCUT2D eigenvalue weighted by molar-refractivity contribution is 5.95. The number of aromatic nitrogens is 2. The van der Waals surface area contributed by atoms with Gasteiger partial charge in [0.2, 0.25) is 0 Å². The van der Waals surface area contributed by atoms with Crippen LogP contribution in [-0.2, 0) is 0 Å². The second-order valence-electron chi connectivity index (χ2n) is 5.16. The van der Waals surface area contributed by atoms with Crippen LogP contribution >= 0.6 is 0 Å². The monoisotopic (exact) mass is 257 g/mol. The van der Waals surface area contributed by atoms with Gasteiger partial charge in [-0.3, -0.25) is 4.79 Å². The Labute approximate surface area is 111 Å². The quantitative estimate of drug-likeness (QED) is 0.875. The molecule has 1 aliphatic rings. The van der Waals surface area contributed by atoms with Crippen LogP contribution in [0.3, 0.4) is 0 Å². The standard InChI is InChI=1S/C14H15N3O2/c1-14(19)9-16(10-14)13(18)11-3-5-12(6-4-11)17-8-2-7-15-17/h2-8,19H,9-10H2,1H3. The first kappa shape index (κ1) is 11.9. The summed E-state index contributed by atoms with van der Waals surface area (Å²) in [4.78, 5) is 13.7. The summed E-state index contributed by atoms with van der Waals surface area (Å²) >= 11 is 0. The summed E-state index contributed by atoms with van der Waals surface area (Å²) in [5.74, 6) is -0.0430. The third-order valence-corrected chi connectivity index (χ3v) is 3.23. The number of likely N-dealkylation sites (tertiary alicyclic amines) is 1. The Morgan fingerprint density at radius 1 is 1.32 bits per heavy atom. The van der Waals surface area contributed by atoms with Crippen LogP contribution in [0, 0.1) is 0 Å². The molecule has 0 saturated carbocycles. The number of benzene rings is 1. The highest BCUT2D eigenvalue weighted by Gasteiger charge is 2.39. The summed E-state index contributed by atoms with van der Waals surface area (Å²) in [6, 6.07) is 9.14. The van der Waals surface area contributed by atoms with Crippen molar-refractivity contribution in [2.24, 2.45) is 0 Å². The van der Waals surface area contributed by atoms with Gasteiger partial charge in [-0.15, -0.1) is 0 Å². The molecule has 0 radical (unpaired) electrons. The molecule has 1 aliphatic heterocycles. The van der Waals surface area contributed by atoms with Gasteiger partial charge in [-0.25, -0.2) is 4.68 Å². The van der Waals surface area contributed by atoms with E-state index in [1.807, 2.05) is 24.4 Å². The highest BCUT2D eigenvalue weighted by Crippen LogP contribution is 2.22. The zero-order valence-corrected chi connectivity index (χ0v) is 10.7. The van der Waals surface area contributed by atoms with Crippen molar-refractivity contribution in [3.8, 4) is 5.69 Å². The summed E-state index contributed by atoms with van der Waals surface area (Å²) in [5, 5.41) is 13.8. The zero-order valence-electron chi connectivity index (χ0n) is 10.7. The van der Waals surface area contributed by atoms with Crippen molar-refractivity contribution in [3.63, 3.8) is 0 Å². The van der Waals surface area contributed by atoms with Gasteiger partial charge in [0.1, 0.15) is 0 Å². The average Bonchev–Trinajstić information content (AvgIpc) is 2.89. The predicted octanol–water partition coefficient (Wildman–Crippen LogP) is 1.08. The first-order valence-corrected chi connectivity index (χ1v) is 6.17. The van der Waals surface area contributed by atoms with Crippen molar-refractivity contribution in [2.45, 2.75) is 12.5 Å². The van der Waals surface area contributed by atoms with E-state index < -0.39 is 5.60 Å². The molecule has 1 amide bonds. The summed E-state index contributed by atoms with van der Waals surface area (Å²) < 4.78 is 1.74. The number of nitrogens with zero attached hydrogens (tertiary/aromatic N) is 3. The largest absolute Gasteiger partial charge is 0.386 e. The molecule has 98 valence electrons. The van der Waals surface area contributed by atoms with E-state index in [9.17, 15) is 9.90 Å². The van der Waals surface area contributed by atoms with E-state index >= 15 is 0 Å². The molecule has 0 bridgehead atoms. The number of aliphatic hydroxyl groups is 1. The molecule has 0 unspecified atom stereocenters. The fourth-order valence-electron chi connectivity index (χ4n) is 2.28. The Hall–Kier alpha value is -2.14. The number of amides is 1. The lowest BCUT2D eigenvalue weighted by atomic mass is 9.96. The molecule has 1 aromatic heterocycles. The lowest BCUT2D eigenvalue weighted by Gasteiger charge is -2.44. The molecule has 3 rings (SSSR count).